The van der Waals surface area contributed by atoms with Crippen molar-refractivity contribution in [2.45, 2.75) is 20.3 Å². The summed E-state index contributed by atoms with van der Waals surface area (Å²) in [5.41, 5.74) is 0.931. The smallest absolute Gasteiger partial charge is 0.255 e. The van der Waals surface area contributed by atoms with E-state index in [-0.39, 0.29) is 5.91 Å². The van der Waals surface area contributed by atoms with Crippen LogP contribution in [-0.2, 0) is 0 Å². The molecule has 2 aromatic carbocycles. The molecule has 146 valence electrons. The molecule has 2 aromatic rings. The number of ether oxygens (including phenoxy) is 4. The molecular weight excluding hydrogens is 370 g/mol. The number of hydrogen-bond donors (Lipinski definition) is 1. The highest BCUT2D eigenvalue weighted by atomic mass is 35.5. The van der Waals surface area contributed by atoms with E-state index in [0.717, 1.165) is 6.42 Å². The van der Waals surface area contributed by atoms with Crippen LogP contribution in [0.5, 0.6) is 23.0 Å². The van der Waals surface area contributed by atoms with Crippen LogP contribution in [0.25, 0.3) is 0 Å². The lowest BCUT2D eigenvalue weighted by Crippen LogP contribution is -2.13. The number of amides is 1. The van der Waals surface area contributed by atoms with Crippen LogP contribution < -0.4 is 24.3 Å². The van der Waals surface area contributed by atoms with E-state index >= 15 is 0 Å². The normalized spacial score (nSPS) is 10.3. The van der Waals surface area contributed by atoms with E-state index in [1.54, 1.807) is 37.4 Å². The molecular formula is C20H24ClNO5. The van der Waals surface area contributed by atoms with E-state index in [1.165, 1.54) is 7.11 Å². The fourth-order valence-corrected chi connectivity index (χ4v) is 2.69. The van der Waals surface area contributed by atoms with Crippen molar-refractivity contribution < 1.29 is 23.7 Å². The van der Waals surface area contributed by atoms with Crippen LogP contribution in [0.2, 0.25) is 5.02 Å². The molecule has 1 amide bonds. The van der Waals surface area contributed by atoms with Gasteiger partial charge in [-0.2, -0.15) is 0 Å². The molecule has 6 nitrogen and oxygen atoms in total. The van der Waals surface area contributed by atoms with Crippen LogP contribution in [0.15, 0.2) is 30.3 Å². The molecule has 0 unspecified atom stereocenters. The number of carbonyl (C=O) groups is 1. The zero-order valence-electron chi connectivity index (χ0n) is 15.9. The maximum Gasteiger partial charge on any atom is 0.255 e. The predicted molar refractivity (Wildman–Crippen MR) is 106 cm³/mol. The van der Waals surface area contributed by atoms with Crippen molar-refractivity contribution in [3.63, 3.8) is 0 Å². The molecule has 0 radical (unpaired) electrons. The van der Waals surface area contributed by atoms with Crippen LogP contribution in [0, 0.1) is 0 Å². The monoisotopic (exact) mass is 393 g/mol. The fraction of sp³-hybridized carbons (Fsp3) is 0.350. The quantitative estimate of drug-likeness (QED) is 0.663. The van der Waals surface area contributed by atoms with Gasteiger partial charge in [0.25, 0.3) is 5.91 Å². The molecule has 1 N–H and O–H groups in total. The molecule has 0 saturated heterocycles. The first-order valence-electron chi connectivity index (χ1n) is 8.66. The standard InChI is InChI=1S/C20H24ClNO5/c1-5-9-27-19-15(21)10-13(11-18(19)26-6-2)20(23)22-14-7-8-16(24-3)17(12-14)25-4/h7-8,10-12H,5-6,9H2,1-4H3,(H,22,23). The van der Waals surface area contributed by atoms with Crippen LogP contribution in [-0.4, -0.2) is 33.3 Å². The molecule has 2 rings (SSSR count). The molecule has 0 spiro atoms. The summed E-state index contributed by atoms with van der Waals surface area (Å²) in [7, 11) is 3.09. The van der Waals surface area contributed by atoms with Gasteiger partial charge in [0.2, 0.25) is 0 Å². The van der Waals surface area contributed by atoms with Crippen molar-refractivity contribution in [2.24, 2.45) is 0 Å². The van der Waals surface area contributed by atoms with Gasteiger partial charge in [0, 0.05) is 17.3 Å². The number of anilines is 1. The number of hydrogen-bond acceptors (Lipinski definition) is 5. The second-order valence-electron chi connectivity index (χ2n) is 5.59. The van der Waals surface area contributed by atoms with Crippen molar-refractivity contribution in [2.75, 3.05) is 32.8 Å². The zero-order valence-corrected chi connectivity index (χ0v) is 16.7. The minimum atomic E-state index is -0.327. The Bertz CT molecular complexity index is 794. The summed E-state index contributed by atoms with van der Waals surface area (Å²) in [6, 6.07) is 8.31. The SMILES string of the molecule is CCCOc1c(Cl)cc(C(=O)Nc2ccc(OC)c(OC)c2)cc1OCC. The van der Waals surface area contributed by atoms with Crippen molar-refractivity contribution in [3.05, 3.63) is 40.9 Å². The second-order valence-corrected chi connectivity index (χ2v) is 6.00. The number of methoxy groups -OCH3 is 2. The Morgan fingerprint density at radius 2 is 1.74 bits per heavy atom. The lowest BCUT2D eigenvalue weighted by Gasteiger charge is -2.15. The molecule has 7 heteroatoms. The van der Waals surface area contributed by atoms with Crippen LogP contribution in [0.4, 0.5) is 5.69 Å². The Hall–Kier alpha value is -2.60. The first-order valence-corrected chi connectivity index (χ1v) is 9.04. The summed E-state index contributed by atoms with van der Waals surface area (Å²) in [6.45, 7) is 4.80. The molecule has 0 saturated carbocycles. The van der Waals surface area contributed by atoms with Gasteiger partial charge >= 0.3 is 0 Å². The Balaban J connectivity index is 2.27. The minimum Gasteiger partial charge on any atom is -0.493 e. The number of rotatable bonds is 9. The lowest BCUT2D eigenvalue weighted by molar-refractivity contribution is 0.102. The average molecular weight is 394 g/mol. The van der Waals surface area contributed by atoms with E-state index in [0.29, 0.717) is 52.5 Å². The Labute approximate surface area is 164 Å². The highest BCUT2D eigenvalue weighted by molar-refractivity contribution is 6.32. The zero-order chi connectivity index (χ0) is 19.8. The van der Waals surface area contributed by atoms with E-state index in [2.05, 4.69) is 5.32 Å². The molecule has 0 aromatic heterocycles. The number of benzene rings is 2. The van der Waals surface area contributed by atoms with Crippen molar-refractivity contribution in [1.82, 2.24) is 0 Å². The highest BCUT2D eigenvalue weighted by Crippen LogP contribution is 2.37. The maximum absolute atomic E-state index is 12.7. The van der Waals surface area contributed by atoms with Gasteiger partial charge < -0.3 is 24.3 Å². The third kappa shape index (κ3) is 5.20. The molecule has 0 atom stereocenters. The summed E-state index contributed by atoms with van der Waals surface area (Å²) in [5, 5.41) is 3.14. The lowest BCUT2D eigenvalue weighted by atomic mass is 10.1. The molecule has 27 heavy (non-hydrogen) atoms. The van der Waals surface area contributed by atoms with Gasteiger partial charge in [-0.1, -0.05) is 18.5 Å². The molecule has 0 aliphatic carbocycles. The molecule has 0 heterocycles. The van der Waals surface area contributed by atoms with Gasteiger partial charge in [-0.3, -0.25) is 4.79 Å². The summed E-state index contributed by atoms with van der Waals surface area (Å²) in [4.78, 5) is 12.7. The topological polar surface area (TPSA) is 66.0 Å². The number of nitrogens with one attached hydrogen (secondary N) is 1. The second kappa shape index (κ2) is 9.92. The van der Waals surface area contributed by atoms with E-state index < -0.39 is 0 Å². The van der Waals surface area contributed by atoms with Gasteiger partial charge in [0.15, 0.2) is 23.0 Å². The van der Waals surface area contributed by atoms with Crippen molar-refractivity contribution >= 4 is 23.2 Å². The van der Waals surface area contributed by atoms with E-state index in [9.17, 15) is 4.79 Å². The largest absolute Gasteiger partial charge is 0.493 e. The van der Waals surface area contributed by atoms with Crippen LogP contribution in [0.1, 0.15) is 30.6 Å². The summed E-state index contributed by atoms with van der Waals surface area (Å²) < 4.78 is 21.7. The molecule has 0 fully saturated rings. The molecule has 0 aliphatic rings. The molecule has 0 aliphatic heterocycles. The van der Waals surface area contributed by atoms with Gasteiger partial charge in [-0.05, 0) is 37.6 Å². The maximum atomic E-state index is 12.7. The summed E-state index contributed by atoms with van der Waals surface area (Å²) in [5.74, 6) is 1.66. The average Bonchev–Trinajstić information content (AvgIpc) is 2.67. The summed E-state index contributed by atoms with van der Waals surface area (Å²) >= 11 is 6.32. The van der Waals surface area contributed by atoms with Crippen molar-refractivity contribution in [1.29, 1.82) is 0 Å². The summed E-state index contributed by atoms with van der Waals surface area (Å²) in [6.07, 6.45) is 0.837. The molecule has 0 bridgehead atoms. The van der Waals surface area contributed by atoms with Crippen LogP contribution >= 0.6 is 11.6 Å². The highest BCUT2D eigenvalue weighted by Gasteiger charge is 2.17. The van der Waals surface area contributed by atoms with Crippen molar-refractivity contribution in [3.8, 4) is 23.0 Å². The van der Waals surface area contributed by atoms with Gasteiger partial charge in [0.1, 0.15) is 0 Å². The van der Waals surface area contributed by atoms with E-state index in [1.807, 2.05) is 13.8 Å². The van der Waals surface area contributed by atoms with Gasteiger partial charge in [0.05, 0.1) is 32.5 Å². The van der Waals surface area contributed by atoms with E-state index in [4.69, 9.17) is 30.5 Å². The number of halogens is 1. The Morgan fingerprint density at radius 3 is 2.37 bits per heavy atom. The first kappa shape index (κ1) is 20.7. The number of carbonyl (C=O) groups excluding carboxylic acids is 1. The minimum absolute atomic E-state index is 0.326. The van der Waals surface area contributed by atoms with Crippen LogP contribution in [0.3, 0.4) is 0 Å². The fourth-order valence-electron chi connectivity index (χ4n) is 2.42. The van der Waals surface area contributed by atoms with Gasteiger partial charge in [-0.15, -0.1) is 0 Å². The Morgan fingerprint density at radius 1 is 1.00 bits per heavy atom. The first-order chi connectivity index (χ1) is 13.0. The third-order valence-corrected chi connectivity index (χ3v) is 3.94. The van der Waals surface area contributed by atoms with Gasteiger partial charge in [-0.25, -0.2) is 0 Å². The predicted octanol–water partition coefficient (Wildman–Crippen LogP) is 4.80. The third-order valence-electron chi connectivity index (χ3n) is 3.66. The Kier molecular flexibility index (Phi) is 7.61.